The summed E-state index contributed by atoms with van der Waals surface area (Å²) in [7, 11) is 0. The number of esters is 3. The smallest absolute Gasteiger partial charge is 0.306 e. The maximum Gasteiger partial charge on any atom is 0.306 e. The normalized spacial score (nSPS) is 13.3. The van der Waals surface area contributed by atoms with E-state index >= 15 is 0 Å². The van der Waals surface area contributed by atoms with Crippen LogP contribution in [0.2, 0.25) is 0 Å². The van der Waals surface area contributed by atoms with E-state index in [0.29, 0.717) is 12.8 Å². The van der Waals surface area contributed by atoms with E-state index in [1.807, 2.05) is 6.08 Å². The molecule has 6 heteroatoms. The van der Waals surface area contributed by atoms with E-state index in [9.17, 15) is 14.4 Å². The molecule has 464 valence electrons. The molecule has 83 heavy (non-hydrogen) atoms. The number of hydrogen-bond acceptors (Lipinski definition) is 6. The number of unbranched alkanes of at least 4 members (excludes halogenated alkanes) is 17. The van der Waals surface area contributed by atoms with Gasteiger partial charge in [-0.15, -0.1) is 0 Å². The summed E-state index contributed by atoms with van der Waals surface area (Å²) >= 11 is 0. The van der Waals surface area contributed by atoms with E-state index in [-0.39, 0.29) is 44.0 Å². The Hall–Kier alpha value is -5.49. The molecule has 0 saturated heterocycles. The molecule has 0 N–H and O–H groups in total. The molecule has 0 aliphatic rings. The molecule has 6 nitrogen and oxygen atoms in total. The van der Waals surface area contributed by atoms with Gasteiger partial charge in [0.2, 0.25) is 0 Å². The maximum absolute atomic E-state index is 12.9. The van der Waals surface area contributed by atoms with Crippen LogP contribution in [-0.2, 0) is 28.6 Å². The Balaban J connectivity index is 4.57. The Morgan fingerprint density at radius 1 is 0.253 bits per heavy atom. The average Bonchev–Trinajstić information content (AvgIpc) is 3.50. The molecule has 0 heterocycles. The molecular weight excluding hydrogens is 1020 g/mol. The van der Waals surface area contributed by atoms with E-state index in [1.54, 1.807) is 0 Å². The van der Waals surface area contributed by atoms with Gasteiger partial charge in [0, 0.05) is 19.3 Å². The van der Waals surface area contributed by atoms with Crippen molar-refractivity contribution in [2.45, 2.75) is 271 Å². The monoisotopic (exact) mass is 1140 g/mol. The predicted molar refractivity (Wildman–Crippen MR) is 361 cm³/mol. The van der Waals surface area contributed by atoms with Crippen LogP contribution in [0.4, 0.5) is 0 Å². The van der Waals surface area contributed by atoms with Crippen molar-refractivity contribution in [3.63, 3.8) is 0 Å². The van der Waals surface area contributed by atoms with E-state index < -0.39 is 6.10 Å². The molecule has 0 fully saturated rings. The van der Waals surface area contributed by atoms with Gasteiger partial charge in [-0.05, 0) is 148 Å². The lowest BCUT2D eigenvalue weighted by atomic mass is 10.1. The first-order chi connectivity index (χ1) is 41.0. The topological polar surface area (TPSA) is 78.9 Å². The second-order valence-electron chi connectivity index (χ2n) is 21.3. The summed E-state index contributed by atoms with van der Waals surface area (Å²) in [6.45, 7) is 6.31. The molecule has 0 aromatic carbocycles. The van der Waals surface area contributed by atoms with E-state index in [2.05, 4.69) is 197 Å². The zero-order valence-electron chi connectivity index (χ0n) is 53.1. The SMILES string of the molecule is CC/C=C\C/C=C\C/C=C\C/C=C\C/C=C\C/C=C\CCCCCCCCC(=O)OCC(COC(=O)CC/C=C\C/C=C\C/C=C\C/C=C\C/C=C\C/C=C\CC)OC(=O)CCCCCCCC/C=C\C/C=C\C/C=C\CCCCCCC. The molecule has 0 amide bonds. The van der Waals surface area contributed by atoms with Gasteiger partial charge in [0.05, 0.1) is 0 Å². The number of rotatable bonds is 58. The number of carbonyl (C=O) groups excluding carboxylic acids is 3. The van der Waals surface area contributed by atoms with Crippen molar-refractivity contribution in [1.29, 1.82) is 0 Å². The zero-order valence-corrected chi connectivity index (χ0v) is 53.1. The molecule has 1 unspecified atom stereocenters. The first-order valence-corrected chi connectivity index (χ1v) is 33.3. The largest absolute Gasteiger partial charge is 0.462 e. The van der Waals surface area contributed by atoms with Crippen molar-refractivity contribution < 1.29 is 28.6 Å². The first-order valence-electron chi connectivity index (χ1n) is 33.3. The lowest BCUT2D eigenvalue weighted by Crippen LogP contribution is -2.30. The number of allylic oxidation sites excluding steroid dienone is 30. The molecule has 0 aromatic heterocycles. The van der Waals surface area contributed by atoms with Crippen molar-refractivity contribution in [3.05, 3.63) is 182 Å². The maximum atomic E-state index is 12.9. The molecule has 1 atom stereocenters. The zero-order chi connectivity index (χ0) is 59.9. The summed E-state index contributed by atoms with van der Waals surface area (Å²) in [5, 5.41) is 0. The van der Waals surface area contributed by atoms with Crippen LogP contribution in [-0.4, -0.2) is 37.2 Å². The Kier molecular flexibility index (Phi) is 64.4. The fourth-order valence-electron chi connectivity index (χ4n) is 8.48. The lowest BCUT2D eigenvalue weighted by Gasteiger charge is -2.18. The van der Waals surface area contributed by atoms with Crippen LogP contribution in [0.3, 0.4) is 0 Å². The van der Waals surface area contributed by atoms with Crippen LogP contribution in [0.25, 0.3) is 0 Å². The van der Waals surface area contributed by atoms with Crippen LogP contribution in [0.15, 0.2) is 182 Å². The molecule has 0 radical (unpaired) electrons. The summed E-state index contributed by atoms with van der Waals surface area (Å²) in [5.41, 5.74) is 0. The first kappa shape index (κ1) is 77.5. The summed E-state index contributed by atoms with van der Waals surface area (Å²) in [6, 6.07) is 0. The lowest BCUT2D eigenvalue weighted by molar-refractivity contribution is -0.166. The van der Waals surface area contributed by atoms with Gasteiger partial charge >= 0.3 is 17.9 Å². The standard InChI is InChI=1S/C77H120O6/c1-4-7-10-13-16-19-22-25-28-31-34-36-37-38-39-41-43-46-49-52-55-58-61-64-67-70-76(79)82-73-74(72-81-75(78)69-66-63-60-57-54-51-48-45-42-33-30-27-24-21-18-15-12-9-6-3)83-77(80)71-68-65-62-59-56-53-50-47-44-40-35-32-29-26-23-20-17-14-11-8-5-2/h7,9-10,12,16,18-19,21,23,25-28,30,32,34-36,38-39,42-47,51,54,60,63,74H,4-6,8,11,13-15,17,20,22,24,29,31,33,37,40-41,48-50,52-53,55-59,61-62,64-73H2,1-3H3/b10-7-,12-9-,19-16-,21-18-,26-23-,28-25-,30-27-,35-32-,36-34-,39-38-,45-42-,46-43-,47-44-,54-51-,63-60-. The molecule has 0 aliphatic carbocycles. The van der Waals surface area contributed by atoms with Gasteiger partial charge in [-0.1, -0.05) is 280 Å². The Morgan fingerprint density at radius 2 is 0.494 bits per heavy atom. The number of carbonyl (C=O) groups is 3. The van der Waals surface area contributed by atoms with Gasteiger partial charge in [0.25, 0.3) is 0 Å². The van der Waals surface area contributed by atoms with Gasteiger partial charge in [-0.25, -0.2) is 0 Å². The molecule has 0 aromatic rings. The van der Waals surface area contributed by atoms with Gasteiger partial charge in [-0.3, -0.25) is 14.4 Å². The Labute approximate surface area is 510 Å². The van der Waals surface area contributed by atoms with Crippen LogP contribution in [0, 0.1) is 0 Å². The summed E-state index contributed by atoms with van der Waals surface area (Å²) in [5.74, 6) is -1.04. The van der Waals surface area contributed by atoms with Crippen molar-refractivity contribution >= 4 is 17.9 Å². The van der Waals surface area contributed by atoms with E-state index in [1.165, 1.54) is 64.2 Å². The van der Waals surface area contributed by atoms with Crippen molar-refractivity contribution in [3.8, 4) is 0 Å². The van der Waals surface area contributed by atoms with Crippen LogP contribution >= 0.6 is 0 Å². The molecule has 0 bridgehead atoms. The third-order valence-electron chi connectivity index (χ3n) is 13.4. The molecule has 0 spiro atoms. The highest BCUT2D eigenvalue weighted by atomic mass is 16.6. The summed E-state index contributed by atoms with van der Waals surface area (Å²) < 4.78 is 16.9. The number of ether oxygens (including phenoxy) is 3. The van der Waals surface area contributed by atoms with Crippen LogP contribution in [0.1, 0.15) is 265 Å². The van der Waals surface area contributed by atoms with Crippen LogP contribution < -0.4 is 0 Å². The minimum Gasteiger partial charge on any atom is -0.462 e. The Morgan fingerprint density at radius 3 is 0.807 bits per heavy atom. The van der Waals surface area contributed by atoms with Crippen LogP contribution in [0.5, 0.6) is 0 Å². The highest BCUT2D eigenvalue weighted by Crippen LogP contribution is 2.14. The minimum absolute atomic E-state index is 0.124. The molecule has 0 rings (SSSR count). The minimum atomic E-state index is -0.835. The predicted octanol–water partition coefficient (Wildman–Crippen LogP) is 23.2. The molecule has 0 aliphatic heterocycles. The molecular formula is C77H120O6. The third-order valence-corrected chi connectivity index (χ3v) is 13.4. The fraction of sp³-hybridized carbons (Fsp3) is 0.571. The summed E-state index contributed by atoms with van der Waals surface area (Å²) in [6.07, 6.45) is 103. The molecule has 0 saturated carbocycles. The van der Waals surface area contributed by atoms with Gasteiger partial charge < -0.3 is 14.2 Å². The van der Waals surface area contributed by atoms with Crippen molar-refractivity contribution in [2.24, 2.45) is 0 Å². The van der Waals surface area contributed by atoms with Gasteiger partial charge in [0.15, 0.2) is 6.10 Å². The van der Waals surface area contributed by atoms with E-state index in [0.717, 1.165) is 154 Å². The second-order valence-corrected chi connectivity index (χ2v) is 21.3. The van der Waals surface area contributed by atoms with E-state index in [4.69, 9.17) is 14.2 Å². The third kappa shape index (κ3) is 67.2. The summed E-state index contributed by atoms with van der Waals surface area (Å²) in [4.78, 5) is 38.4. The highest BCUT2D eigenvalue weighted by molar-refractivity contribution is 5.71. The van der Waals surface area contributed by atoms with Crippen molar-refractivity contribution in [2.75, 3.05) is 13.2 Å². The Bertz CT molecular complexity index is 1940. The average molecular weight is 1140 g/mol. The second kappa shape index (κ2) is 69.0. The fourth-order valence-corrected chi connectivity index (χ4v) is 8.48. The number of hydrogen-bond donors (Lipinski definition) is 0. The van der Waals surface area contributed by atoms with Gasteiger partial charge in [0.1, 0.15) is 13.2 Å². The quantitative estimate of drug-likeness (QED) is 0.0261. The van der Waals surface area contributed by atoms with Crippen molar-refractivity contribution in [1.82, 2.24) is 0 Å². The van der Waals surface area contributed by atoms with Gasteiger partial charge in [-0.2, -0.15) is 0 Å². The highest BCUT2D eigenvalue weighted by Gasteiger charge is 2.19.